The van der Waals surface area contributed by atoms with E-state index in [4.69, 9.17) is 4.74 Å². The van der Waals surface area contributed by atoms with E-state index in [0.29, 0.717) is 0 Å². The van der Waals surface area contributed by atoms with Gasteiger partial charge in [0.25, 0.3) is 0 Å². The van der Waals surface area contributed by atoms with Crippen LogP contribution in [-0.2, 0) is 6.54 Å². The van der Waals surface area contributed by atoms with E-state index < -0.39 is 0 Å². The van der Waals surface area contributed by atoms with Gasteiger partial charge in [-0.3, -0.25) is 4.90 Å². The molecule has 1 aliphatic heterocycles. The molecule has 0 aromatic heterocycles. The molecule has 3 heteroatoms. The van der Waals surface area contributed by atoms with Crippen LogP contribution in [0.15, 0.2) is 24.3 Å². The molecule has 0 N–H and O–H groups in total. The Morgan fingerprint density at radius 2 is 1.85 bits per heavy atom. The summed E-state index contributed by atoms with van der Waals surface area (Å²) in [7, 11) is 2.21. The van der Waals surface area contributed by atoms with Gasteiger partial charge in [-0.25, -0.2) is 0 Å². The Morgan fingerprint density at radius 3 is 2.60 bits per heavy atom. The van der Waals surface area contributed by atoms with Crippen molar-refractivity contribution >= 4 is 0 Å². The monoisotopic (exact) mass is 276 g/mol. The van der Waals surface area contributed by atoms with Gasteiger partial charge in [0.15, 0.2) is 0 Å². The van der Waals surface area contributed by atoms with Crippen LogP contribution in [0.4, 0.5) is 0 Å². The third-order valence-electron chi connectivity index (χ3n) is 3.91. The SMILES string of the molecule is CCCCOc1ccc(CN2CCCN(C)CC2)cc1. The molecule has 2 rings (SSSR count). The predicted octanol–water partition coefficient (Wildman–Crippen LogP) is 3.00. The molecule has 1 aliphatic rings. The molecule has 0 unspecified atom stereocenters. The second-order valence-electron chi connectivity index (χ2n) is 5.78. The zero-order valence-corrected chi connectivity index (χ0v) is 13.0. The first-order valence-electron chi connectivity index (χ1n) is 7.90. The number of rotatable bonds is 6. The van der Waals surface area contributed by atoms with Gasteiger partial charge in [0.2, 0.25) is 0 Å². The second kappa shape index (κ2) is 8.28. The molecule has 0 amide bonds. The van der Waals surface area contributed by atoms with Gasteiger partial charge in [0.1, 0.15) is 5.75 Å². The quantitative estimate of drug-likeness (QED) is 0.743. The Bertz CT molecular complexity index is 377. The highest BCUT2D eigenvalue weighted by Gasteiger charge is 2.12. The van der Waals surface area contributed by atoms with Gasteiger partial charge in [-0.2, -0.15) is 0 Å². The van der Waals surface area contributed by atoms with Crippen LogP contribution in [-0.4, -0.2) is 49.6 Å². The zero-order chi connectivity index (χ0) is 14.2. The number of ether oxygens (including phenoxy) is 1. The maximum Gasteiger partial charge on any atom is 0.119 e. The molecule has 1 fully saturated rings. The highest BCUT2D eigenvalue weighted by atomic mass is 16.5. The third kappa shape index (κ3) is 5.14. The first kappa shape index (κ1) is 15.3. The van der Waals surface area contributed by atoms with E-state index >= 15 is 0 Å². The molecule has 0 atom stereocenters. The van der Waals surface area contributed by atoms with Crippen LogP contribution in [0.2, 0.25) is 0 Å². The van der Waals surface area contributed by atoms with Crippen molar-refractivity contribution < 1.29 is 4.74 Å². The summed E-state index contributed by atoms with van der Waals surface area (Å²) in [5, 5.41) is 0. The number of unbranched alkanes of at least 4 members (excludes halogenated alkanes) is 1. The summed E-state index contributed by atoms with van der Waals surface area (Å²) in [5.41, 5.74) is 1.39. The van der Waals surface area contributed by atoms with E-state index in [1.165, 1.54) is 44.6 Å². The molecular weight excluding hydrogens is 248 g/mol. The van der Waals surface area contributed by atoms with E-state index in [1.54, 1.807) is 0 Å². The van der Waals surface area contributed by atoms with E-state index in [9.17, 15) is 0 Å². The minimum absolute atomic E-state index is 0.828. The van der Waals surface area contributed by atoms with Crippen molar-refractivity contribution in [3.05, 3.63) is 29.8 Å². The van der Waals surface area contributed by atoms with Crippen molar-refractivity contribution in [1.29, 1.82) is 0 Å². The van der Waals surface area contributed by atoms with Crippen LogP contribution in [0, 0.1) is 0 Å². The lowest BCUT2D eigenvalue weighted by atomic mass is 10.2. The van der Waals surface area contributed by atoms with Crippen molar-refractivity contribution in [2.45, 2.75) is 32.7 Å². The lowest BCUT2D eigenvalue weighted by Gasteiger charge is -2.20. The smallest absolute Gasteiger partial charge is 0.119 e. The van der Waals surface area contributed by atoms with Gasteiger partial charge in [0, 0.05) is 19.6 Å². The topological polar surface area (TPSA) is 15.7 Å². The van der Waals surface area contributed by atoms with Crippen molar-refractivity contribution in [1.82, 2.24) is 9.80 Å². The molecule has 0 aliphatic carbocycles. The van der Waals surface area contributed by atoms with E-state index in [-0.39, 0.29) is 0 Å². The predicted molar refractivity (Wildman–Crippen MR) is 84.2 cm³/mol. The van der Waals surface area contributed by atoms with Gasteiger partial charge in [-0.05, 0) is 50.7 Å². The van der Waals surface area contributed by atoms with Crippen molar-refractivity contribution in [3.63, 3.8) is 0 Å². The van der Waals surface area contributed by atoms with Crippen molar-refractivity contribution in [2.24, 2.45) is 0 Å². The number of nitrogens with zero attached hydrogens (tertiary/aromatic N) is 2. The molecule has 0 radical (unpaired) electrons. The van der Waals surface area contributed by atoms with Gasteiger partial charge in [0.05, 0.1) is 6.61 Å². The summed E-state index contributed by atoms with van der Waals surface area (Å²) in [5.74, 6) is 0.998. The molecule has 1 saturated heterocycles. The maximum atomic E-state index is 5.71. The highest BCUT2D eigenvalue weighted by molar-refractivity contribution is 5.27. The minimum atomic E-state index is 0.828. The van der Waals surface area contributed by atoms with E-state index in [1.807, 2.05) is 0 Å². The molecule has 0 bridgehead atoms. The summed E-state index contributed by atoms with van der Waals surface area (Å²) in [6.07, 6.45) is 3.58. The Morgan fingerprint density at radius 1 is 1.05 bits per heavy atom. The zero-order valence-electron chi connectivity index (χ0n) is 13.0. The molecule has 1 heterocycles. The molecule has 0 saturated carbocycles. The van der Waals surface area contributed by atoms with Crippen molar-refractivity contribution in [3.8, 4) is 5.75 Å². The van der Waals surface area contributed by atoms with Crippen LogP contribution in [0.25, 0.3) is 0 Å². The fraction of sp³-hybridized carbons (Fsp3) is 0.647. The fourth-order valence-corrected chi connectivity index (χ4v) is 2.54. The number of benzene rings is 1. The first-order valence-corrected chi connectivity index (χ1v) is 7.90. The Kier molecular flexibility index (Phi) is 6.34. The van der Waals surface area contributed by atoms with Gasteiger partial charge in [-0.15, -0.1) is 0 Å². The fourth-order valence-electron chi connectivity index (χ4n) is 2.54. The van der Waals surface area contributed by atoms with Crippen molar-refractivity contribution in [2.75, 3.05) is 39.8 Å². The Hall–Kier alpha value is -1.06. The van der Waals surface area contributed by atoms with Crippen LogP contribution in [0.3, 0.4) is 0 Å². The molecule has 20 heavy (non-hydrogen) atoms. The van der Waals surface area contributed by atoms with Gasteiger partial charge < -0.3 is 9.64 Å². The normalized spacial score (nSPS) is 17.9. The molecule has 1 aromatic rings. The van der Waals surface area contributed by atoms with E-state index in [2.05, 4.69) is 48.0 Å². The molecular formula is C17H28N2O. The van der Waals surface area contributed by atoms with Crippen LogP contribution < -0.4 is 4.74 Å². The number of likely N-dealkylation sites (N-methyl/N-ethyl adjacent to an activating group) is 1. The summed E-state index contributed by atoms with van der Waals surface area (Å²) < 4.78 is 5.71. The summed E-state index contributed by atoms with van der Waals surface area (Å²) in [4.78, 5) is 4.97. The standard InChI is InChI=1S/C17H28N2O/c1-3-4-14-20-17-8-6-16(7-9-17)15-19-11-5-10-18(2)12-13-19/h6-9H,3-5,10-15H2,1-2H3. The molecule has 1 aromatic carbocycles. The van der Waals surface area contributed by atoms with Crippen LogP contribution >= 0.6 is 0 Å². The summed E-state index contributed by atoms with van der Waals surface area (Å²) in [6.45, 7) is 8.85. The molecule has 112 valence electrons. The Labute approximate surface area is 123 Å². The second-order valence-corrected chi connectivity index (χ2v) is 5.78. The summed E-state index contributed by atoms with van der Waals surface area (Å²) in [6, 6.07) is 8.62. The van der Waals surface area contributed by atoms with Gasteiger partial charge in [-0.1, -0.05) is 25.5 Å². The number of hydrogen-bond donors (Lipinski definition) is 0. The molecule has 3 nitrogen and oxygen atoms in total. The Balaban J connectivity index is 1.80. The third-order valence-corrected chi connectivity index (χ3v) is 3.91. The van der Waals surface area contributed by atoms with Crippen LogP contribution in [0.5, 0.6) is 5.75 Å². The summed E-state index contributed by atoms with van der Waals surface area (Å²) >= 11 is 0. The lowest BCUT2D eigenvalue weighted by Crippen LogP contribution is -2.28. The maximum absolute atomic E-state index is 5.71. The lowest BCUT2D eigenvalue weighted by molar-refractivity contribution is 0.269. The average Bonchev–Trinajstić information content (AvgIpc) is 2.66. The van der Waals surface area contributed by atoms with Gasteiger partial charge >= 0.3 is 0 Å². The van der Waals surface area contributed by atoms with E-state index in [0.717, 1.165) is 25.3 Å². The first-order chi connectivity index (χ1) is 9.78. The van der Waals surface area contributed by atoms with Crippen LogP contribution in [0.1, 0.15) is 31.7 Å². The largest absolute Gasteiger partial charge is 0.494 e. The highest BCUT2D eigenvalue weighted by Crippen LogP contribution is 2.15. The molecule has 0 spiro atoms. The minimum Gasteiger partial charge on any atom is -0.494 e. The number of hydrogen-bond acceptors (Lipinski definition) is 3. The average molecular weight is 276 g/mol.